The first-order valence-electron chi connectivity index (χ1n) is 6.43. The predicted molar refractivity (Wildman–Crippen MR) is 71.0 cm³/mol. The summed E-state index contributed by atoms with van der Waals surface area (Å²) in [5.74, 6) is -0.273. The van der Waals surface area contributed by atoms with Gasteiger partial charge in [0, 0.05) is 25.2 Å². The minimum Gasteiger partial charge on any atom is -0.463 e. The van der Waals surface area contributed by atoms with Crippen LogP contribution in [-0.4, -0.2) is 49.7 Å². The van der Waals surface area contributed by atoms with Crippen molar-refractivity contribution < 1.29 is 9.53 Å². The third kappa shape index (κ3) is 8.89. The van der Waals surface area contributed by atoms with Crippen LogP contribution in [-0.2, 0) is 9.53 Å². The average Bonchev–Trinajstić information content (AvgIpc) is 2.32. The zero-order chi connectivity index (χ0) is 13.1. The molecule has 0 saturated heterocycles. The SMILES string of the molecule is CCOC(=O)/C=C/CNC(C)CN(CC)CC. The molecule has 0 aromatic heterocycles. The van der Waals surface area contributed by atoms with Gasteiger partial charge in [-0.1, -0.05) is 19.9 Å². The Bertz CT molecular complexity index is 225. The van der Waals surface area contributed by atoms with Gasteiger partial charge in [-0.05, 0) is 26.9 Å². The Morgan fingerprint density at radius 2 is 2.00 bits per heavy atom. The first kappa shape index (κ1) is 16.1. The van der Waals surface area contributed by atoms with Crippen LogP contribution in [0.25, 0.3) is 0 Å². The molecular formula is C13H26N2O2. The Labute approximate surface area is 105 Å². The molecule has 0 bridgehead atoms. The molecule has 0 radical (unpaired) electrons. The molecule has 0 heterocycles. The van der Waals surface area contributed by atoms with Crippen molar-refractivity contribution in [2.45, 2.75) is 33.7 Å². The minimum atomic E-state index is -0.273. The van der Waals surface area contributed by atoms with Crippen LogP contribution in [0, 0.1) is 0 Å². The third-order valence-corrected chi connectivity index (χ3v) is 2.55. The van der Waals surface area contributed by atoms with Gasteiger partial charge < -0.3 is 15.0 Å². The molecule has 1 N–H and O–H groups in total. The summed E-state index contributed by atoms with van der Waals surface area (Å²) in [6.45, 7) is 12.6. The van der Waals surface area contributed by atoms with Crippen molar-refractivity contribution in [3.63, 3.8) is 0 Å². The molecule has 100 valence electrons. The van der Waals surface area contributed by atoms with Gasteiger partial charge in [-0.3, -0.25) is 0 Å². The molecule has 0 aromatic carbocycles. The summed E-state index contributed by atoms with van der Waals surface area (Å²) in [7, 11) is 0. The van der Waals surface area contributed by atoms with Crippen molar-refractivity contribution >= 4 is 5.97 Å². The Hall–Kier alpha value is -0.870. The first-order valence-corrected chi connectivity index (χ1v) is 6.43. The molecule has 0 spiro atoms. The van der Waals surface area contributed by atoms with Crippen molar-refractivity contribution in [2.75, 3.05) is 32.8 Å². The lowest BCUT2D eigenvalue weighted by molar-refractivity contribution is -0.137. The predicted octanol–water partition coefficient (Wildman–Crippen LogP) is 1.43. The number of carbonyl (C=O) groups is 1. The van der Waals surface area contributed by atoms with Gasteiger partial charge in [0.1, 0.15) is 0 Å². The molecule has 0 aromatic rings. The van der Waals surface area contributed by atoms with Gasteiger partial charge >= 0.3 is 5.97 Å². The van der Waals surface area contributed by atoms with Gasteiger partial charge in [-0.2, -0.15) is 0 Å². The van der Waals surface area contributed by atoms with E-state index in [4.69, 9.17) is 4.74 Å². The van der Waals surface area contributed by atoms with Gasteiger partial charge in [0.05, 0.1) is 6.61 Å². The van der Waals surface area contributed by atoms with Gasteiger partial charge in [0.15, 0.2) is 0 Å². The van der Waals surface area contributed by atoms with E-state index in [1.165, 1.54) is 6.08 Å². The molecule has 0 amide bonds. The number of likely N-dealkylation sites (N-methyl/N-ethyl adjacent to an activating group) is 1. The molecule has 17 heavy (non-hydrogen) atoms. The topological polar surface area (TPSA) is 41.6 Å². The molecule has 1 unspecified atom stereocenters. The summed E-state index contributed by atoms with van der Waals surface area (Å²) in [5.41, 5.74) is 0. The number of hydrogen-bond donors (Lipinski definition) is 1. The van der Waals surface area contributed by atoms with E-state index in [0.717, 1.165) is 19.6 Å². The largest absolute Gasteiger partial charge is 0.463 e. The molecule has 0 saturated carbocycles. The van der Waals surface area contributed by atoms with Crippen LogP contribution in [0.2, 0.25) is 0 Å². The average molecular weight is 242 g/mol. The van der Waals surface area contributed by atoms with Crippen LogP contribution in [0.5, 0.6) is 0 Å². The number of nitrogens with one attached hydrogen (secondary N) is 1. The highest BCUT2D eigenvalue weighted by Gasteiger charge is 2.05. The van der Waals surface area contributed by atoms with Crippen molar-refractivity contribution in [3.05, 3.63) is 12.2 Å². The number of rotatable bonds is 9. The maximum Gasteiger partial charge on any atom is 0.330 e. The lowest BCUT2D eigenvalue weighted by atomic mass is 10.3. The number of esters is 1. The summed E-state index contributed by atoms with van der Waals surface area (Å²) in [4.78, 5) is 13.4. The van der Waals surface area contributed by atoms with Crippen molar-refractivity contribution in [2.24, 2.45) is 0 Å². The molecule has 1 atom stereocenters. The summed E-state index contributed by atoms with van der Waals surface area (Å²) in [5, 5.41) is 3.34. The fourth-order valence-corrected chi connectivity index (χ4v) is 1.55. The molecule has 0 rings (SSSR count). The van der Waals surface area contributed by atoms with Gasteiger partial charge in [-0.15, -0.1) is 0 Å². The third-order valence-electron chi connectivity index (χ3n) is 2.55. The fraction of sp³-hybridized carbons (Fsp3) is 0.769. The molecule has 4 heteroatoms. The Balaban J connectivity index is 3.69. The lowest BCUT2D eigenvalue weighted by Gasteiger charge is -2.22. The highest BCUT2D eigenvalue weighted by Crippen LogP contribution is 1.91. The lowest BCUT2D eigenvalue weighted by Crippen LogP contribution is -2.39. The van der Waals surface area contributed by atoms with Crippen LogP contribution in [0.3, 0.4) is 0 Å². The standard InChI is InChI=1S/C13H26N2O2/c1-5-15(6-2)11-12(4)14-10-8-9-13(16)17-7-3/h8-9,12,14H,5-7,10-11H2,1-4H3/b9-8+. The first-order chi connectivity index (χ1) is 8.13. The molecule has 0 aliphatic heterocycles. The zero-order valence-corrected chi connectivity index (χ0v) is 11.5. The molecule has 0 aliphatic carbocycles. The van der Waals surface area contributed by atoms with Gasteiger partial charge in [0.2, 0.25) is 0 Å². The highest BCUT2D eigenvalue weighted by atomic mass is 16.5. The van der Waals surface area contributed by atoms with Crippen LogP contribution < -0.4 is 5.32 Å². The number of nitrogens with zero attached hydrogens (tertiary/aromatic N) is 1. The summed E-state index contributed by atoms with van der Waals surface area (Å²) in [6, 6.07) is 0.418. The van der Waals surface area contributed by atoms with Crippen molar-refractivity contribution in [1.29, 1.82) is 0 Å². The zero-order valence-electron chi connectivity index (χ0n) is 11.5. The Morgan fingerprint density at radius 3 is 2.53 bits per heavy atom. The maximum atomic E-state index is 11.0. The molecular weight excluding hydrogens is 216 g/mol. The minimum absolute atomic E-state index is 0.273. The van der Waals surface area contributed by atoms with Gasteiger partial charge in [-0.25, -0.2) is 4.79 Å². The second kappa shape index (κ2) is 10.3. The number of carbonyl (C=O) groups excluding carboxylic acids is 1. The second-order valence-electron chi connectivity index (χ2n) is 3.95. The number of ether oxygens (including phenoxy) is 1. The van der Waals surface area contributed by atoms with Crippen LogP contribution in [0.15, 0.2) is 12.2 Å². The van der Waals surface area contributed by atoms with E-state index >= 15 is 0 Å². The van der Waals surface area contributed by atoms with Crippen LogP contribution in [0.1, 0.15) is 27.7 Å². The van der Waals surface area contributed by atoms with E-state index in [1.54, 1.807) is 13.0 Å². The van der Waals surface area contributed by atoms with E-state index in [1.807, 2.05) is 0 Å². The summed E-state index contributed by atoms with van der Waals surface area (Å²) < 4.78 is 4.79. The van der Waals surface area contributed by atoms with E-state index in [-0.39, 0.29) is 5.97 Å². The Kier molecular flexibility index (Phi) is 9.77. The monoisotopic (exact) mass is 242 g/mol. The summed E-state index contributed by atoms with van der Waals surface area (Å²) >= 11 is 0. The van der Waals surface area contributed by atoms with E-state index in [2.05, 4.69) is 31.0 Å². The molecule has 0 fully saturated rings. The smallest absolute Gasteiger partial charge is 0.330 e. The normalized spacial score (nSPS) is 13.2. The van der Waals surface area contributed by atoms with Gasteiger partial charge in [0.25, 0.3) is 0 Å². The molecule has 0 aliphatic rings. The second-order valence-corrected chi connectivity index (χ2v) is 3.95. The van der Waals surface area contributed by atoms with E-state index in [0.29, 0.717) is 19.2 Å². The maximum absolute atomic E-state index is 11.0. The quantitative estimate of drug-likeness (QED) is 0.490. The molecule has 4 nitrogen and oxygen atoms in total. The highest BCUT2D eigenvalue weighted by molar-refractivity contribution is 5.81. The van der Waals surface area contributed by atoms with E-state index < -0.39 is 0 Å². The van der Waals surface area contributed by atoms with Crippen molar-refractivity contribution in [1.82, 2.24) is 10.2 Å². The van der Waals surface area contributed by atoms with E-state index in [9.17, 15) is 4.79 Å². The Morgan fingerprint density at radius 1 is 1.35 bits per heavy atom. The fourth-order valence-electron chi connectivity index (χ4n) is 1.55. The van der Waals surface area contributed by atoms with Crippen LogP contribution >= 0.6 is 0 Å². The number of hydrogen-bond acceptors (Lipinski definition) is 4. The summed E-state index contributed by atoms with van der Waals surface area (Å²) in [6.07, 6.45) is 3.28. The van der Waals surface area contributed by atoms with Crippen LogP contribution in [0.4, 0.5) is 0 Å². The van der Waals surface area contributed by atoms with Crippen molar-refractivity contribution in [3.8, 4) is 0 Å².